The van der Waals surface area contributed by atoms with Crippen molar-refractivity contribution in [2.75, 3.05) is 0 Å². The van der Waals surface area contributed by atoms with Crippen LogP contribution in [0.15, 0.2) is 18.2 Å². The van der Waals surface area contributed by atoms with E-state index < -0.39 is 0 Å². The molecule has 0 aliphatic heterocycles. The molecule has 1 rings (SSSR count). The van der Waals surface area contributed by atoms with Gasteiger partial charge in [-0.15, -0.1) is 0 Å². The maximum atomic E-state index is 11.0. The lowest BCUT2D eigenvalue weighted by Gasteiger charge is -2.19. The first-order chi connectivity index (χ1) is 7.47. The highest BCUT2D eigenvalue weighted by Crippen LogP contribution is 2.31. The quantitative estimate of drug-likeness (QED) is 0.629. The number of aryl methyl sites for hydroxylation is 1. The van der Waals surface area contributed by atoms with Crippen molar-refractivity contribution in [3.8, 4) is 0 Å². The van der Waals surface area contributed by atoms with E-state index in [4.69, 9.17) is 5.73 Å². The Balaban J connectivity index is 3.26. The van der Waals surface area contributed by atoms with Gasteiger partial charge < -0.3 is 5.73 Å². The van der Waals surface area contributed by atoms with Gasteiger partial charge in [0.15, 0.2) is 0 Å². The Morgan fingerprint density at radius 3 is 2.56 bits per heavy atom. The lowest BCUT2D eigenvalue weighted by molar-refractivity contribution is -0.385. The summed E-state index contributed by atoms with van der Waals surface area (Å²) in [5.74, 6) is 0.0426. The summed E-state index contributed by atoms with van der Waals surface area (Å²) in [6, 6.07) is 5.25. The first-order valence-electron chi connectivity index (χ1n) is 5.47. The van der Waals surface area contributed by atoms with E-state index in [2.05, 4.69) is 0 Å². The Labute approximate surface area is 95.6 Å². The molecule has 1 aromatic carbocycles. The zero-order valence-corrected chi connectivity index (χ0v) is 9.93. The first kappa shape index (κ1) is 12.6. The summed E-state index contributed by atoms with van der Waals surface area (Å²) < 4.78 is 0. The molecule has 88 valence electrons. The predicted octanol–water partition coefficient (Wildman–Crippen LogP) is 2.74. The third-order valence-corrected chi connectivity index (χ3v) is 2.86. The van der Waals surface area contributed by atoms with Crippen LogP contribution in [0.3, 0.4) is 0 Å². The number of benzene rings is 1. The highest BCUT2D eigenvalue weighted by atomic mass is 16.6. The molecule has 0 bridgehead atoms. The molecule has 2 unspecified atom stereocenters. The molecule has 0 aliphatic rings. The van der Waals surface area contributed by atoms with Crippen LogP contribution in [0.2, 0.25) is 0 Å². The van der Waals surface area contributed by atoms with Gasteiger partial charge in [0.05, 0.1) is 4.92 Å². The number of hydrogen-bond donors (Lipinski definition) is 1. The Morgan fingerprint density at radius 1 is 1.50 bits per heavy atom. The van der Waals surface area contributed by atoms with Crippen LogP contribution in [0.1, 0.15) is 37.3 Å². The van der Waals surface area contributed by atoms with E-state index in [9.17, 15) is 10.1 Å². The van der Waals surface area contributed by atoms with Gasteiger partial charge in [-0.2, -0.15) is 0 Å². The molecule has 0 spiro atoms. The molecular formula is C12H18N2O2. The molecule has 1 aromatic rings. The molecular weight excluding hydrogens is 204 g/mol. The molecule has 4 heteroatoms. The smallest absolute Gasteiger partial charge is 0.273 e. The molecule has 0 aliphatic carbocycles. The van der Waals surface area contributed by atoms with Crippen molar-refractivity contribution in [3.05, 3.63) is 39.4 Å². The van der Waals surface area contributed by atoms with Crippen LogP contribution in [0, 0.1) is 17.0 Å². The number of hydrogen-bond acceptors (Lipinski definition) is 3. The zero-order chi connectivity index (χ0) is 12.3. The maximum absolute atomic E-state index is 11.0. The van der Waals surface area contributed by atoms with E-state index in [1.54, 1.807) is 6.07 Å². The number of nitro groups is 1. The van der Waals surface area contributed by atoms with Crippen LogP contribution >= 0.6 is 0 Å². The summed E-state index contributed by atoms with van der Waals surface area (Å²) >= 11 is 0. The summed E-state index contributed by atoms with van der Waals surface area (Å²) in [4.78, 5) is 10.7. The second-order valence-electron chi connectivity index (χ2n) is 4.19. The summed E-state index contributed by atoms with van der Waals surface area (Å²) in [5.41, 5.74) is 7.69. The van der Waals surface area contributed by atoms with Gasteiger partial charge in [0.2, 0.25) is 0 Å². The Bertz CT molecular complexity index is 389. The molecule has 4 nitrogen and oxygen atoms in total. The van der Waals surface area contributed by atoms with Crippen LogP contribution in [-0.4, -0.2) is 11.0 Å². The van der Waals surface area contributed by atoms with Gasteiger partial charge in [-0.3, -0.25) is 10.1 Å². The molecule has 0 saturated carbocycles. The zero-order valence-electron chi connectivity index (χ0n) is 9.93. The van der Waals surface area contributed by atoms with E-state index in [-0.39, 0.29) is 22.6 Å². The van der Waals surface area contributed by atoms with Gasteiger partial charge in [-0.25, -0.2) is 0 Å². The summed E-state index contributed by atoms with van der Waals surface area (Å²) in [5, 5.41) is 11.0. The third-order valence-electron chi connectivity index (χ3n) is 2.86. The van der Waals surface area contributed by atoms with E-state index in [1.807, 2.05) is 32.9 Å². The first-order valence-corrected chi connectivity index (χ1v) is 5.47. The Hall–Kier alpha value is -1.42. The van der Waals surface area contributed by atoms with Crippen LogP contribution in [0.4, 0.5) is 5.69 Å². The van der Waals surface area contributed by atoms with Crippen molar-refractivity contribution in [1.29, 1.82) is 0 Å². The SMILES string of the molecule is CCC(c1ccc(C)cc1[N+](=O)[O-])C(C)N. The minimum Gasteiger partial charge on any atom is -0.327 e. The lowest BCUT2D eigenvalue weighted by atomic mass is 9.89. The minimum atomic E-state index is -0.326. The fourth-order valence-corrected chi connectivity index (χ4v) is 2.00. The van der Waals surface area contributed by atoms with E-state index in [0.717, 1.165) is 17.5 Å². The largest absolute Gasteiger partial charge is 0.327 e. The summed E-state index contributed by atoms with van der Waals surface area (Å²) in [6.45, 7) is 5.74. The van der Waals surface area contributed by atoms with Crippen molar-refractivity contribution < 1.29 is 4.92 Å². The van der Waals surface area contributed by atoms with Gasteiger partial charge >= 0.3 is 0 Å². The van der Waals surface area contributed by atoms with E-state index in [0.29, 0.717) is 0 Å². The van der Waals surface area contributed by atoms with Crippen molar-refractivity contribution >= 4 is 5.69 Å². The second kappa shape index (κ2) is 5.07. The van der Waals surface area contributed by atoms with E-state index in [1.165, 1.54) is 0 Å². The average Bonchev–Trinajstić information content (AvgIpc) is 2.20. The topological polar surface area (TPSA) is 69.2 Å². The molecule has 0 heterocycles. The highest BCUT2D eigenvalue weighted by Gasteiger charge is 2.23. The fourth-order valence-electron chi connectivity index (χ4n) is 2.00. The highest BCUT2D eigenvalue weighted by molar-refractivity contribution is 5.45. The molecule has 0 saturated heterocycles. The van der Waals surface area contributed by atoms with Crippen LogP contribution < -0.4 is 5.73 Å². The molecule has 0 radical (unpaired) electrons. The summed E-state index contributed by atoms with van der Waals surface area (Å²) in [6.07, 6.45) is 0.807. The van der Waals surface area contributed by atoms with Crippen LogP contribution in [0.25, 0.3) is 0 Å². The Kier molecular flexibility index (Phi) is 4.01. The van der Waals surface area contributed by atoms with Crippen LogP contribution in [-0.2, 0) is 0 Å². The molecule has 0 amide bonds. The molecule has 2 atom stereocenters. The van der Waals surface area contributed by atoms with Gasteiger partial charge in [-0.1, -0.05) is 19.1 Å². The number of nitro benzene ring substituents is 1. The minimum absolute atomic E-state index is 0.0426. The third kappa shape index (κ3) is 2.58. The van der Waals surface area contributed by atoms with Crippen LogP contribution in [0.5, 0.6) is 0 Å². The maximum Gasteiger partial charge on any atom is 0.273 e. The monoisotopic (exact) mass is 222 g/mol. The predicted molar refractivity (Wildman–Crippen MR) is 64.5 cm³/mol. The van der Waals surface area contributed by atoms with Gasteiger partial charge in [0.25, 0.3) is 5.69 Å². The van der Waals surface area contributed by atoms with Gasteiger partial charge in [-0.05, 0) is 25.8 Å². The molecule has 0 fully saturated rings. The standard InChI is InChI=1S/C12H18N2O2/c1-4-10(9(3)13)11-6-5-8(2)7-12(11)14(15)16/h5-7,9-10H,4,13H2,1-3H3. The van der Waals surface area contributed by atoms with Crippen molar-refractivity contribution in [2.24, 2.45) is 5.73 Å². The number of rotatable bonds is 4. The summed E-state index contributed by atoms with van der Waals surface area (Å²) in [7, 11) is 0. The normalized spacial score (nSPS) is 14.5. The lowest BCUT2D eigenvalue weighted by Crippen LogP contribution is -2.24. The molecule has 0 aromatic heterocycles. The van der Waals surface area contributed by atoms with Gasteiger partial charge in [0, 0.05) is 23.6 Å². The second-order valence-corrected chi connectivity index (χ2v) is 4.19. The average molecular weight is 222 g/mol. The van der Waals surface area contributed by atoms with Crippen molar-refractivity contribution in [3.63, 3.8) is 0 Å². The number of nitrogens with two attached hydrogens (primary N) is 1. The van der Waals surface area contributed by atoms with Crippen molar-refractivity contribution in [1.82, 2.24) is 0 Å². The molecule has 16 heavy (non-hydrogen) atoms. The van der Waals surface area contributed by atoms with Crippen molar-refractivity contribution in [2.45, 2.75) is 39.2 Å². The Morgan fingerprint density at radius 2 is 2.12 bits per heavy atom. The number of nitrogens with zero attached hydrogens (tertiary/aromatic N) is 1. The molecule has 2 N–H and O–H groups in total. The fraction of sp³-hybridized carbons (Fsp3) is 0.500. The van der Waals surface area contributed by atoms with Gasteiger partial charge in [0.1, 0.15) is 0 Å². The van der Waals surface area contributed by atoms with E-state index >= 15 is 0 Å².